The van der Waals surface area contributed by atoms with E-state index in [9.17, 15) is 0 Å². The minimum absolute atomic E-state index is 0. The van der Waals surface area contributed by atoms with Crippen molar-refractivity contribution in [1.29, 1.82) is 0 Å². The van der Waals surface area contributed by atoms with Gasteiger partial charge in [0.25, 0.3) is 0 Å². The van der Waals surface area contributed by atoms with Gasteiger partial charge in [-0.3, -0.25) is 14.7 Å². The number of fused-ring (bicyclic) bond motifs is 15. The van der Waals surface area contributed by atoms with E-state index >= 15 is 0 Å². The number of hydrogen-bond donors (Lipinski definition) is 0. The summed E-state index contributed by atoms with van der Waals surface area (Å²) in [5.41, 5.74) is 4.57. The van der Waals surface area contributed by atoms with Crippen LogP contribution in [0.1, 0.15) is 310 Å². The summed E-state index contributed by atoms with van der Waals surface area (Å²) in [7, 11) is 15.1. The van der Waals surface area contributed by atoms with Crippen LogP contribution in [0.25, 0.3) is 0 Å². The van der Waals surface area contributed by atoms with Crippen LogP contribution in [0.4, 0.5) is 0 Å². The van der Waals surface area contributed by atoms with E-state index < -0.39 is 37.0 Å². The van der Waals surface area contributed by atoms with Crippen molar-refractivity contribution >= 4 is 33.2 Å². The SMILES string of the molecule is C1CCCC1.C1CCCC1.C1CCCC1.CC1CCC2C(C1)C1C(C3CCCCC3C1[Si](C)(C)C1CCCC1)N2C.CC1CCC2C(C1)C1C3CCCCC3C([Si](C)(C)C3CCCC3)C1N2C.CC1CCC2C(C1)C1CC3CCCCC3C1N2C.[CH3-].[CH3-].[CH3-].[CH3-].[CH3-].[CH3-].[CH3-].[CH3-].[CH3-].[CH3-].[CH3-].[CH3-].[CH3-].[CH3-].[Cl][Zr+2][Cl].[Zr+4].[Zr+4].[Zr+4]. The van der Waals surface area contributed by atoms with Crippen molar-refractivity contribution in [2.75, 3.05) is 21.1 Å². The molecule has 3 saturated heterocycles. The van der Waals surface area contributed by atoms with E-state index in [1.54, 1.807) is 116 Å². The van der Waals surface area contributed by atoms with E-state index in [2.05, 4.69) is 82.8 Å². The molecule has 23 unspecified atom stereocenters. The molecule has 0 radical (unpaired) electrons. The molecule has 105 heavy (non-hydrogen) atoms. The van der Waals surface area contributed by atoms with Crippen LogP contribution >= 0.6 is 17.0 Å². The number of likely N-dealkylation sites (tertiary alicyclic amines) is 3. The second-order valence-corrected chi connectivity index (χ2v) is 50.9. The Balaban J connectivity index is -0.000000229. The van der Waals surface area contributed by atoms with Gasteiger partial charge < -0.3 is 104 Å². The molecule has 17 aliphatic rings. The molecule has 11 heteroatoms. The summed E-state index contributed by atoms with van der Waals surface area (Å²) in [5.74, 6) is 16.0. The Morgan fingerprint density at radius 3 is 0.924 bits per heavy atom. The summed E-state index contributed by atoms with van der Waals surface area (Å²) in [6, 6.07) is 5.78. The summed E-state index contributed by atoms with van der Waals surface area (Å²) >= 11 is -0.826. The van der Waals surface area contributed by atoms with Crippen molar-refractivity contribution in [2.45, 2.75) is 394 Å². The van der Waals surface area contributed by atoms with Crippen molar-refractivity contribution in [3.63, 3.8) is 0 Å². The van der Waals surface area contributed by atoms with E-state index in [1.807, 2.05) is 0 Å². The van der Waals surface area contributed by atoms with E-state index in [-0.39, 0.29) is 183 Å². The number of hydrogen-bond acceptors (Lipinski definition) is 3. The molecule has 3 aliphatic heterocycles. The van der Waals surface area contributed by atoms with Crippen LogP contribution in [0.5, 0.6) is 0 Å². The average Bonchev–Trinajstić information content (AvgIpc) is 1.55. The maximum Gasteiger partial charge on any atom is 4.00 e. The second kappa shape index (κ2) is 58.4. The zero-order valence-corrected chi connectivity index (χ0v) is 88.7. The van der Waals surface area contributed by atoms with E-state index in [0.717, 1.165) is 147 Å². The first-order valence-electron chi connectivity index (χ1n) is 40.8. The van der Waals surface area contributed by atoms with Gasteiger partial charge in [0.15, 0.2) is 0 Å². The summed E-state index contributed by atoms with van der Waals surface area (Å²) in [6.45, 7) is 19.0. The van der Waals surface area contributed by atoms with Gasteiger partial charge in [-0.1, -0.05) is 252 Å². The van der Waals surface area contributed by atoms with E-state index in [0.29, 0.717) is 0 Å². The fourth-order valence-electron chi connectivity index (χ4n) is 28.0. The van der Waals surface area contributed by atoms with Crippen LogP contribution in [0.3, 0.4) is 0 Å². The van der Waals surface area contributed by atoms with Gasteiger partial charge in [-0.25, -0.2) is 0 Å². The first-order valence-corrected chi connectivity index (χ1v) is 53.4. The monoisotopic (exact) mass is 1840 g/mol. The Labute approximate surface area is 747 Å². The normalized spacial score (nSPS) is 37.8. The van der Waals surface area contributed by atoms with Gasteiger partial charge in [0.2, 0.25) is 0 Å². The zero-order chi connectivity index (χ0) is 61.7. The standard InChI is InChI=1S/2C24H43NSi.C17H29N.3C5H10.14CH3.2ClH.4Zr/c1-16-13-14-21-20(15-16)22-23(25(21)2)18-11-7-8-12-19(18)24(22)26(3,4)17-9-5-6-10-17;1-16-13-14-21-20(15-16)22-18-11-7-8-12-19(18)24(23(22)25(21)2)26(3,4)17-9-5-6-10-17;1-11-7-8-16-14(9-11)15-10-12-5-3-4-6-13(12)17(15)18(16)2;3*1-2-4-5-3-1;;;;;;;;;;;;;;;;;;;;/h2*16-24H,5-15H2,1-4H3;11-17H,3-10H2,1-2H3;3*1-5H2;14*1H3;2*1H;;;;/q;;;;;;14*-1;;;4*+4/p-2. The summed E-state index contributed by atoms with van der Waals surface area (Å²) < 4.78 is 0. The van der Waals surface area contributed by atoms with Crippen molar-refractivity contribution in [2.24, 2.45) is 88.8 Å². The predicted octanol–water partition coefficient (Wildman–Crippen LogP) is 30.6. The van der Waals surface area contributed by atoms with E-state index in [4.69, 9.17) is 17.0 Å². The average molecular weight is 1850 g/mol. The summed E-state index contributed by atoms with van der Waals surface area (Å²) in [5, 5.41) is 0. The van der Waals surface area contributed by atoms with Gasteiger partial charge in [-0.15, -0.1) is 0 Å². The summed E-state index contributed by atoms with van der Waals surface area (Å²) in [4.78, 5) is 8.84. The van der Waals surface area contributed by atoms with Gasteiger partial charge >= 0.3 is 116 Å². The Kier molecular flexibility index (Phi) is 68.2. The molecular formula is C94H187Cl2N3Si2Zr4. The van der Waals surface area contributed by atoms with Crippen LogP contribution in [0.15, 0.2) is 0 Å². The molecule has 14 saturated carbocycles. The first kappa shape index (κ1) is 123. The largest absolute Gasteiger partial charge is 4.00 e. The molecule has 0 N–H and O–H groups in total. The van der Waals surface area contributed by atoms with Crippen molar-refractivity contribution in [3.05, 3.63) is 104 Å². The van der Waals surface area contributed by atoms with Crippen molar-refractivity contribution < 1.29 is 99.5 Å². The van der Waals surface area contributed by atoms with Crippen LogP contribution in [-0.4, -0.2) is 88.2 Å². The maximum absolute atomic E-state index is 4.93. The van der Waals surface area contributed by atoms with Gasteiger partial charge in [-0.05, 0) is 216 Å². The first-order chi connectivity index (χ1) is 42.7. The molecule has 0 amide bonds. The fraction of sp³-hybridized carbons (Fsp3) is 0.851. The van der Waals surface area contributed by atoms with Gasteiger partial charge in [0, 0.05) is 36.3 Å². The second-order valence-electron chi connectivity index (χ2n) is 36.9. The molecule has 3 heterocycles. The Hall–Kier alpha value is 4.43. The fourth-order valence-corrected chi connectivity index (χ4v) is 38.7. The number of rotatable bonds is 4. The topological polar surface area (TPSA) is 9.72 Å². The third-order valence-electron chi connectivity index (χ3n) is 31.8. The van der Waals surface area contributed by atoms with E-state index in [1.165, 1.54) is 173 Å². The molecule has 0 bridgehead atoms. The number of nitrogens with zero attached hydrogens (tertiary/aromatic N) is 3. The molecule has 0 aromatic heterocycles. The van der Waals surface area contributed by atoms with Gasteiger partial charge in [-0.2, -0.15) is 0 Å². The molecule has 23 atom stereocenters. The predicted molar refractivity (Wildman–Crippen MR) is 475 cm³/mol. The van der Waals surface area contributed by atoms with Crippen LogP contribution in [0, 0.1) is 193 Å². The smallest absolute Gasteiger partial charge is 4.00 e. The molecule has 14 aliphatic carbocycles. The summed E-state index contributed by atoms with van der Waals surface area (Å²) in [6.07, 6.45) is 68.8. The van der Waals surface area contributed by atoms with Crippen molar-refractivity contribution in [3.8, 4) is 0 Å². The Morgan fingerprint density at radius 2 is 0.533 bits per heavy atom. The van der Waals surface area contributed by atoms with Crippen molar-refractivity contribution in [1.82, 2.24) is 14.7 Å². The molecule has 17 fully saturated rings. The Bertz CT molecular complexity index is 2020. The minimum atomic E-state index is -1.20. The molecule has 0 aromatic rings. The van der Waals surface area contributed by atoms with Gasteiger partial charge in [0.1, 0.15) is 0 Å². The molecule has 616 valence electrons. The quantitative estimate of drug-likeness (QED) is 0.205. The minimum Gasteiger partial charge on any atom is 4.00 e. The zero-order valence-electron chi connectivity index (χ0n) is 75.4. The van der Waals surface area contributed by atoms with Gasteiger partial charge in [0.05, 0.1) is 16.1 Å². The van der Waals surface area contributed by atoms with Crippen LogP contribution in [-0.2, 0) is 99.5 Å². The molecular weight excluding hydrogens is 1660 g/mol. The van der Waals surface area contributed by atoms with Crippen LogP contribution in [0.2, 0.25) is 48.4 Å². The van der Waals surface area contributed by atoms with Crippen LogP contribution < -0.4 is 0 Å². The number of halogens is 2. The maximum atomic E-state index is 4.93. The molecule has 3 nitrogen and oxygen atoms in total. The third-order valence-corrected chi connectivity index (χ3v) is 42.2. The third kappa shape index (κ3) is 28.0. The molecule has 0 aromatic carbocycles. The molecule has 0 spiro atoms. The Morgan fingerprint density at radius 1 is 0.257 bits per heavy atom. The molecule has 17 rings (SSSR count).